The maximum Gasteiger partial charge on any atom is 0.115 e. The monoisotopic (exact) mass is 251 g/mol. The van der Waals surface area contributed by atoms with E-state index in [0.717, 1.165) is 25.9 Å². The van der Waals surface area contributed by atoms with Crippen LogP contribution in [0.4, 0.5) is 0 Å². The zero-order valence-corrected chi connectivity index (χ0v) is 11.6. The first-order chi connectivity index (χ1) is 8.65. The Morgan fingerprint density at radius 2 is 1.94 bits per heavy atom. The molecule has 3 nitrogen and oxygen atoms in total. The molecule has 0 saturated carbocycles. The second-order valence-electron chi connectivity index (χ2n) is 4.83. The molecule has 0 heterocycles. The maximum atomic E-state index is 9.22. The number of hydrogen-bond donors (Lipinski definition) is 2. The van der Waals surface area contributed by atoms with Crippen molar-refractivity contribution in [3.63, 3.8) is 0 Å². The Bertz CT molecular complexity index is 324. The first-order valence-electron chi connectivity index (χ1n) is 6.68. The van der Waals surface area contributed by atoms with Gasteiger partial charge in [-0.1, -0.05) is 19.1 Å². The Labute approximate surface area is 110 Å². The van der Waals surface area contributed by atoms with Gasteiger partial charge in [0, 0.05) is 19.2 Å². The number of aromatic hydroxyl groups is 1. The molecule has 3 heteroatoms. The molecule has 0 radical (unpaired) electrons. The van der Waals surface area contributed by atoms with Gasteiger partial charge >= 0.3 is 0 Å². The number of rotatable bonds is 8. The number of nitrogens with one attached hydrogen (secondary N) is 1. The largest absolute Gasteiger partial charge is 0.508 e. The Morgan fingerprint density at radius 1 is 1.28 bits per heavy atom. The summed E-state index contributed by atoms with van der Waals surface area (Å²) in [5.74, 6) is 0.330. The normalized spacial score (nSPS) is 14.4. The molecule has 1 rings (SSSR count). The molecule has 0 aliphatic heterocycles. The van der Waals surface area contributed by atoms with Gasteiger partial charge in [0.25, 0.3) is 0 Å². The van der Waals surface area contributed by atoms with Crippen LogP contribution in [0.25, 0.3) is 0 Å². The molecule has 0 aliphatic carbocycles. The molecular weight excluding hydrogens is 226 g/mol. The molecule has 1 aromatic carbocycles. The highest BCUT2D eigenvalue weighted by Crippen LogP contribution is 2.12. The van der Waals surface area contributed by atoms with Gasteiger partial charge in [-0.05, 0) is 43.9 Å². The molecule has 0 saturated heterocycles. The highest BCUT2D eigenvalue weighted by atomic mass is 16.5. The summed E-state index contributed by atoms with van der Waals surface area (Å²) in [6, 6.07) is 8.35. The van der Waals surface area contributed by atoms with E-state index in [2.05, 4.69) is 19.2 Å². The molecule has 0 aromatic heterocycles. The van der Waals surface area contributed by atoms with Gasteiger partial charge in [-0.3, -0.25) is 0 Å². The third kappa shape index (κ3) is 5.52. The van der Waals surface area contributed by atoms with Crippen LogP contribution in [-0.4, -0.2) is 30.9 Å². The second kappa shape index (κ2) is 8.11. The van der Waals surface area contributed by atoms with E-state index in [1.54, 1.807) is 19.2 Å². The van der Waals surface area contributed by atoms with E-state index in [1.807, 2.05) is 12.1 Å². The molecule has 2 atom stereocenters. The fraction of sp³-hybridized carbons (Fsp3) is 0.600. The summed E-state index contributed by atoms with van der Waals surface area (Å²) in [6.45, 7) is 5.14. The first kappa shape index (κ1) is 15.0. The first-order valence-corrected chi connectivity index (χ1v) is 6.68. The van der Waals surface area contributed by atoms with Crippen molar-refractivity contribution in [3.8, 4) is 5.75 Å². The summed E-state index contributed by atoms with van der Waals surface area (Å²) in [6.07, 6.45) is 3.19. The van der Waals surface area contributed by atoms with Crippen LogP contribution in [0.2, 0.25) is 0 Å². The minimum Gasteiger partial charge on any atom is -0.508 e. The molecule has 1 aromatic rings. The lowest BCUT2D eigenvalue weighted by Crippen LogP contribution is -2.39. The standard InChI is InChI=1S/C15H25NO2/c1-4-14(11-18-3)16-12(2)5-6-13-7-9-15(17)10-8-13/h7-10,12,14,16-17H,4-6,11H2,1-3H3. The van der Waals surface area contributed by atoms with Crippen molar-refractivity contribution >= 4 is 0 Å². The maximum absolute atomic E-state index is 9.22. The van der Waals surface area contributed by atoms with E-state index >= 15 is 0 Å². The molecule has 2 N–H and O–H groups in total. The number of hydrogen-bond acceptors (Lipinski definition) is 3. The van der Waals surface area contributed by atoms with Crippen LogP contribution >= 0.6 is 0 Å². The highest BCUT2D eigenvalue weighted by molar-refractivity contribution is 5.25. The van der Waals surface area contributed by atoms with Gasteiger partial charge < -0.3 is 15.2 Å². The van der Waals surface area contributed by atoms with Crippen molar-refractivity contribution < 1.29 is 9.84 Å². The molecule has 2 unspecified atom stereocenters. The Hall–Kier alpha value is -1.06. The molecule has 18 heavy (non-hydrogen) atoms. The number of phenols is 1. The summed E-state index contributed by atoms with van der Waals surface area (Å²) in [5.41, 5.74) is 1.27. The van der Waals surface area contributed by atoms with Crippen LogP contribution < -0.4 is 5.32 Å². The number of benzene rings is 1. The summed E-state index contributed by atoms with van der Waals surface area (Å²) in [4.78, 5) is 0. The SMILES string of the molecule is CCC(COC)NC(C)CCc1ccc(O)cc1. The lowest BCUT2D eigenvalue weighted by atomic mass is 10.1. The molecular formula is C15H25NO2. The molecule has 0 bridgehead atoms. The lowest BCUT2D eigenvalue weighted by Gasteiger charge is -2.21. The van der Waals surface area contributed by atoms with Gasteiger partial charge in [0.15, 0.2) is 0 Å². The van der Waals surface area contributed by atoms with Crippen molar-refractivity contribution in [1.29, 1.82) is 0 Å². The van der Waals surface area contributed by atoms with Gasteiger partial charge in [0.05, 0.1) is 6.61 Å². The van der Waals surface area contributed by atoms with Gasteiger partial charge in [0.2, 0.25) is 0 Å². The van der Waals surface area contributed by atoms with Crippen LogP contribution in [0.5, 0.6) is 5.75 Å². The Morgan fingerprint density at radius 3 is 2.50 bits per heavy atom. The zero-order chi connectivity index (χ0) is 13.4. The average molecular weight is 251 g/mol. The molecule has 0 amide bonds. The predicted molar refractivity (Wildman–Crippen MR) is 75.0 cm³/mol. The van der Waals surface area contributed by atoms with Crippen molar-refractivity contribution in [1.82, 2.24) is 5.32 Å². The van der Waals surface area contributed by atoms with E-state index in [0.29, 0.717) is 17.8 Å². The van der Waals surface area contributed by atoms with E-state index in [4.69, 9.17) is 4.74 Å². The fourth-order valence-electron chi connectivity index (χ4n) is 2.02. The fourth-order valence-corrected chi connectivity index (χ4v) is 2.02. The van der Waals surface area contributed by atoms with Crippen LogP contribution in [-0.2, 0) is 11.2 Å². The predicted octanol–water partition coefficient (Wildman–Crippen LogP) is 2.73. The summed E-state index contributed by atoms with van der Waals surface area (Å²) in [7, 11) is 1.74. The molecule has 102 valence electrons. The molecule has 0 aliphatic rings. The molecule has 0 spiro atoms. The van der Waals surface area contributed by atoms with Gasteiger partial charge in [-0.25, -0.2) is 0 Å². The van der Waals surface area contributed by atoms with Crippen molar-refractivity contribution in [2.45, 2.75) is 45.2 Å². The topological polar surface area (TPSA) is 41.5 Å². The van der Waals surface area contributed by atoms with E-state index < -0.39 is 0 Å². The summed E-state index contributed by atoms with van der Waals surface area (Å²) < 4.78 is 5.18. The van der Waals surface area contributed by atoms with Gasteiger partial charge in [-0.15, -0.1) is 0 Å². The minimum absolute atomic E-state index is 0.330. The Kier molecular flexibility index (Phi) is 6.76. The lowest BCUT2D eigenvalue weighted by molar-refractivity contribution is 0.158. The third-order valence-electron chi connectivity index (χ3n) is 3.18. The van der Waals surface area contributed by atoms with Crippen LogP contribution in [0.3, 0.4) is 0 Å². The van der Waals surface area contributed by atoms with Crippen LogP contribution in [0, 0.1) is 0 Å². The highest BCUT2D eigenvalue weighted by Gasteiger charge is 2.09. The van der Waals surface area contributed by atoms with Crippen molar-refractivity contribution in [2.24, 2.45) is 0 Å². The number of aryl methyl sites for hydroxylation is 1. The van der Waals surface area contributed by atoms with E-state index in [-0.39, 0.29) is 0 Å². The number of phenolic OH excluding ortho intramolecular Hbond substituents is 1. The minimum atomic E-state index is 0.330. The van der Waals surface area contributed by atoms with Crippen LogP contribution in [0.15, 0.2) is 24.3 Å². The Balaban J connectivity index is 2.31. The quantitative estimate of drug-likeness (QED) is 0.746. The average Bonchev–Trinajstić information content (AvgIpc) is 2.37. The third-order valence-corrected chi connectivity index (χ3v) is 3.18. The van der Waals surface area contributed by atoms with Gasteiger partial charge in [0.1, 0.15) is 5.75 Å². The summed E-state index contributed by atoms with van der Waals surface area (Å²) >= 11 is 0. The summed E-state index contributed by atoms with van der Waals surface area (Å²) in [5, 5.41) is 12.8. The van der Waals surface area contributed by atoms with Crippen molar-refractivity contribution in [3.05, 3.63) is 29.8 Å². The van der Waals surface area contributed by atoms with E-state index in [1.165, 1.54) is 5.56 Å². The van der Waals surface area contributed by atoms with Gasteiger partial charge in [-0.2, -0.15) is 0 Å². The molecule has 0 fully saturated rings. The second-order valence-corrected chi connectivity index (χ2v) is 4.83. The van der Waals surface area contributed by atoms with Crippen molar-refractivity contribution in [2.75, 3.05) is 13.7 Å². The zero-order valence-electron chi connectivity index (χ0n) is 11.6. The number of ether oxygens (including phenoxy) is 1. The number of methoxy groups -OCH3 is 1. The smallest absolute Gasteiger partial charge is 0.115 e. The van der Waals surface area contributed by atoms with Crippen LogP contribution in [0.1, 0.15) is 32.3 Å². The van der Waals surface area contributed by atoms with E-state index in [9.17, 15) is 5.11 Å².